The number of carbonyl (C=O) groups excluding carboxylic acids is 3. The van der Waals surface area contributed by atoms with Gasteiger partial charge in [-0.1, -0.05) is 6.07 Å². The van der Waals surface area contributed by atoms with Crippen LogP contribution in [-0.4, -0.2) is 38.0 Å². The molecular formula is C27H22N2O7. The van der Waals surface area contributed by atoms with E-state index < -0.39 is 0 Å². The van der Waals surface area contributed by atoms with Gasteiger partial charge in [-0.25, -0.2) is 0 Å². The van der Waals surface area contributed by atoms with Crippen LogP contribution in [0.2, 0.25) is 0 Å². The molecule has 0 aliphatic carbocycles. The molecule has 5 rings (SSSR count). The number of anilines is 2. The fourth-order valence-electron chi connectivity index (χ4n) is 3.71. The first-order valence-corrected chi connectivity index (χ1v) is 11.1. The maximum atomic E-state index is 12.7. The lowest BCUT2D eigenvalue weighted by atomic mass is 10.1. The van der Waals surface area contributed by atoms with Crippen LogP contribution in [0, 0.1) is 0 Å². The van der Waals surface area contributed by atoms with Crippen LogP contribution < -0.4 is 29.2 Å². The van der Waals surface area contributed by atoms with Gasteiger partial charge in [-0.3, -0.25) is 14.4 Å². The average molecular weight is 486 g/mol. The Kier molecular flexibility index (Phi) is 6.03. The smallest absolute Gasteiger partial charge is 0.262 e. The quantitative estimate of drug-likeness (QED) is 0.525. The molecule has 3 aromatic rings. The Hall–Kier alpha value is -4.79. The van der Waals surface area contributed by atoms with Crippen LogP contribution in [0.5, 0.6) is 23.0 Å². The molecule has 2 aliphatic heterocycles. The van der Waals surface area contributed by atoms with Crippen LogP contribution in [-0.2, 0) is 9.59 Å². The van der Waals surface area contributed by atoms with E-state index in [1.165, 1.54) is 11.8 Å². The molecule has 9 nitrogen and oxygen atoms in total. The molecule has 36 heavy (non-hydrogen) atoms. The number of Topliss-reactive ketones (excluding diaryl/α,β-unsaturated/α-hetero) is 1. The Morgan fingerprint density at radius 3 is 2.56 bits per heavy atom. The highest BCUT2D eigenvalue weighted by atomic mass is 16.7. The number of hydrogen-bond acceptors (Lipinski definition) is 7. The van der Waals surface area contributed by atoms with Crippen molar-refractivity contribution in [2.75, 3.05) is 30.7 Å². The minimum Gasteiger partial charge on any atom is -0.484 e. The van der Waals surface area contributed by atoms with Gasteiger partial charge in [-0.15, -0.1) is 0 Å². The molecule has 0 unspecified atom stereocenters. The zero-order valence-electron chi connectivity index (χ0n) is 19.6. The van der Waals surface area contributed by atoms with E-state index >= 15 is 0 Å². The standard InChI is InChI=1S/C27H22N2O7/c1-16(30)29(2)19-6-4-18(5-7-19)28-26(31)14-33-20-8-9-21-23(13-20)36-25(27(21)32)12-17-3-10-22-24(11-17)35-15-34-22/h3-13H,14-15H2,1-2H3,(H,28,31). The van der Waals surface area contributed by atoms with E-state index in [2.05, 4.69) is 5.32 Å². The number of benzene rings is 3. The molecule has 2 aliphatic rings. The molecule has 0 spiro atoms. The Labute approximate surface area is 206 Å². The van der Waals surface area contributed by atoms with E-state index in [0.717, 1.165) is 11.3 Å². The second kappa shape index (κ2) is 9.46. The number of ketones is 1. The number of nitrogens with one attached hydrogen (secondary N) is 1. The first kappa shape index (κ1) is 23.0. The summed E-state index contributed by atoms with van der Waals surface area (Å²) in [5.74, 6) is 1.50. The SMILES string of the molecule is CC(=O)N(C)c1ccc(NC(=O)COc2ccc3c(c2)OC(=Cc2ccc4c(c2)OCO4)C3=O)cc1. The van der Waals surface area contributed by atoms with E-state index in [9.17, 15) is 14.4 Å². The number of amides is 2. The zero-order valence-corrected chi connectivity index (χ0v) is 19.6. The van der Waals surface area contributed by atoms with Gasteiger partial charge in [-0.05, 0) is 60.2 Å². The topological polar surface area (TPSA) is 103 Å². The lowest BCUT2D eigenvalue weighted by Crippen LogP contribution is -2.23. The van der Waals surface area contributed by atoms with Crippen LogP contribution in [0.15, 0.2) is 66.4 Å². The number of allylic oxidation sites excluding steroid dienone is 1. The number of ether oxygens (including phenoxy) is 4. The molecule has 1 N–H and O–H groups in total. The highest BCUT2D eigenvalue weighted by molar-refractivity contribution is 6.14. The molecule has 0 fully saturated rings. The minimum atomic E-state index is -0.358. The van der Waals surface area contributed by atoms with Gasteiger partial charge in [0.15, 0.2) is 23.9 Å². The largest absolute Gasteiger partial charge is 0.484 e. The molecule has 0 saturated carbocycles. The Morgan fingerprint density at radius 1 is 1.00 bits per heavy atom. The van der Waals surface area contributed by atoms with Crippen LogP contribution in [0.25, 0.3) is 6.08 Å². The van der Waals surface area contributed by atoms with Crippen molar-refractivity contribution in [2.45, 2.75) is 6.92 Å². The number of rotatable bonds is 6. The second-order valence-corrected chi connectivity index (χ2v) is 8.17. The molecule has 3 aromatic carbocycles. The predicted molar refractivity (Wildman–Crippen MR) is 132 cm³/mol. The Balaban J connectivity index is 1.20. The average Bonchev–Trinajstić information content (AvgIpc) is 3.46. The summed E-state index contributed by atoms with van der Waals surface area (Å²) in [6.45, 7) is 1.41. The molecule has 0 radical (unpaired) electrons. The molecule has 182 valence electrons. The van der Waals surface area contributed by atoms with Gasteiger partial charge in [0, 0.05) is 31.4 Å². The van der Waals surface area contributed by atoms with Crippen molar-refractivity contribution < 1.29 is 33.3 Å². The van der Waals surface area contributed by atoms with Crippen molar-refractivity contribution in [3.05, 3.63) is 77.5 Å². The summed E-state index contributed by atoms with van der Waals surface area (Å²) in [5.41, 5.74) is 2.45. The molecule has 0 saturated heterocycles. The number of hydrogen-bond donors (Lipinski definition) is 1. The third kappa shape index (κ3) is 4.72. The fourth-order valence-corrected chi connectivity index (χ4v) is 3.71. The summed E-state index contributed by atoms with van der Waals surface area (Å²) in [4.78, 5) is 38.0. The lowest BCUT2D eigenvalue weighted by molar-refractivity contribution is -0.118. The monoisotopic (exact) mass is 486 g/mol. The first-order valence-electron chi connectivity index (χ1n) is 11.1. The van der Waals surface area contributed by atoms with Gasteiger partial charge in [-0.2, -0.15) is 0 Å². The van der Waals surface area contributed by atoms with E-state index in [0.29, 0.717) is 34.2 Å². The van der Waals surface area contributed by atoms with Crippen LogP contribution in [0.1, 0.15) is 22.8 Å². The van der Waals surface area contributed by atoms with Crippen molar-refractivity contribution in [3.8, 4) is 23.0 Å². The highest BCUT2D eigenvalue weighted by Crippen LogP contribution is 2.37. The number of carbonyl (C=O) groups is 3. The van der Waals surface area contributed by atoms with Gasteiger partial charge in [0.05, 0.1) is 5.56 Å². The number of nitrogens with zero attached hydrogens (tertiary/aromatic N) is 1. The lowest BCUT2D eigenvalue weighted by Gasteiger charge is -2.15. The van der Waals surface area contributed by atoms with Crippen LogP contribution in [0.4, 0.5) is 11.4 Å². The predicted octanol–water partition coefficient (Wildman–Crippen LogP) is 4.03. The van der Waals surface area contributed by atoms with E-state index in [4.69, 9.17) is 18.9 Å². The van der Waals surface area contributed by atoms with Crippen LogP contribution in [0.3, 0.4) is 0 Å². The number of fused-ring (bicyclic) bond motifs is 2. The fraction of sp³-hybridized carbons (Fsp3) is 0.148. The molecule has 0 atom stereocenters. The third-order valence-corrected chi connectivity index (χ3v) is 5.72. The summed E-state index contributed by atoms with van der Waals surface area (Å²) in [6, 6.07) is 17.0. The maximum Gasteiger partial charge on any atom is 0.262 e. The zero-order chi connectivity index (χ0) is 25.2. The highest BCUT2D eigenvalue weighted by Gasteiger charge is 2.28. The summed E-state index contributed by atoms with van der Waals surface area (Å²) >= 11 is 0. The molecule has 2 amide bonds. The van der Waals surface area contributed by atoms with E-state index in [-0.39, 0.29) is 36.8 Å². The van der Waals surface area contributed by atoms with Crippen LogP contribution >= 0.6 is 0 Å². The van der Waals surface area contributed by atoms with E-state index in [1.54, 1.807) is 67.7 Å². The minimum absolute atomic E-state index is 0.0873. The van der Waals surface area contributed by atoms with Crippen molar-refractivity contribution >= 4 is 35.0 Å². The van der Waals surface area contributed by atoms with Crippen molar-refractivity contribution in [3.63, 3.8) is 0 Å². The summed E-state index contributed by atoms with van der Waals surface area (Å²) in [5, 5.41) is 2.74. The Bertz CT molecular complexity index is 1400. The van der Waals surface area contributed by atoms with Gasteiger partial charge < -0.3 is 29.2 Å². The van der Waals surface area contributed by atoms with E-state index in [1.807, 2.05) is 6.07 Å². The normalized spacial score (nSPS) is 14.3. The molecule has 0 bridgehead atoms. The summed E-state index contributed by atoms with van der Waals surface area (Å²) in [7, 11) is 1.67. The summed E-state index contributed by atoms with van der Waals surface area (Å²) < 4.78 is 22.0. The van der Waals surface area contributed by atoms with Crippen molar-refractivity contribution in [2.24, 2.45) is 0 Å². The van der Waals surface area contributed by atoms with Crippen molar-refractivity contribution in [1.82, 2.24) is 0 Å². The summed E-state index contributed by atoms with van der Waals surface area (Å²) in [6.07, 6.45) is 1.64. The maximum absolute atomic E-state index is 12.7. The molecule has 0 aromatic heterocycles. The first-order chi connectivity index (χ1) is 17.4. The Morgan fingerprint density at radius 2 is 1.78 bits per heavy atom. The second-order valence-electron chi connectivity index (χ2n) is 8.17. The third-order valence-electron chi connectivity index (χ3n) is 5.72. The molecule has 2 heterocycles. The molecule has 9 heteroatoms. The van der Waals surface area contributed by atoms with Gasteiger partial charge >= 0.3 is 0 Å². The van der Waals surface area contributed by atoms with Gasteiger partial charge in [0.1, 0.15) is 11.5 Å². The molecular weight excluding hydrogens is 464 g/mol. The van der Waals surface area contributed by atoms with Gasteiger partial charge in [0.2, 0.25) is 18.5 Å². The van der Waals surface area contributed by atoms with Gasteiger partial charge in [0.25, 0.3) is 5.91 Å². The van der Waals surface area contributed by atoms with Crippen molar-refractivity contribution in [1.29, 1.82) is 0 Å².